The molecule has 1 aliphatic heterocycles. The Morgan fingerprint density at radius 1 is 0.946 bits per heavy atom. The summed E-state index contributed by atoms with van der Waals surface area (Å²) in [5, 5.41) is 2.94. The predicted molar refractivity (Wildman–Crippen MR) is 140 cm³/mol. The van der Waals surface area contributed by atoms with E-state index in [0.717, 1.165) is 11.3 Å². The monoisotopic (exact) mass is 505 g/mol. The molecule has 0 saturated carbocycles. The molecule has 9 heteroatoms. The van der Waals surface area contributed by atoms with Crippen LogP contribution in [0.3, 0.4) is 0 Å². The maximum atomic E-state index is 13.6. The summed E-state index contributed by atoms with van der Waals surface area (Å²) in [6.07, 6.45) is 0.580. The van der Waals surface area contributed by atoms with Gasteiger partial charge in [0.2, 0.25) is 17.6 Å². The van der Waals surface area contributed by atoms with Gasteiger partial charge in [-0.2, -0.15) is 0 Å². The molecular weight excluding hydrogens is 474 g/mol. The minimum absolute atomic E-state index is 0.118. The molecule has 2 atom stereocenters. The summed E-state index contributed by atoms with van der Waals surface area (Å²) in [5.41, 5.74) is 2.12. The third kappa shape index (κ3) is 5.30. The fraction of sp³-hybridized carbons (Fsp3) is 0.321. The van der Waals surface area contributed by atoms with E-state index in [4.69, 9.17) is 18.9 Å². The number of carbonyl (C=O) groups is 2. The van der Waals surface area contributed by atoms with Crippen LogP contribution in [0.25, 0.3) is 0 Å². The number of anilines is 2. The molecule has 4 rings (SSSR count). The number of benzene rings is 2. The van der Waals surface area contributed by atoms with Crippen molar-refractivity contribution in [1.29, 1.82) is 0 Å². The van der Waals surface area contributed by atoms with E-state index in [1.54, 1.807) is 30.2 Å². The number of hydrogen-bond acceptors (Lipinski definition) is 7. The van der Waals surface area contributed by atoms with E-state index in [1.807, 2.05) is 43.3 Å². The number of nitrogens with one attached hydrogen (secondary N) is 1. The zero-order chi connectivity index (χ0) is 26.5. The van der Waals surface area contributed by atoms with E-state index < -0.39 is 12.0 Å². The van der Waals surface area contributed by atoms with Crippen molar-refractivity contribution in [2.45, 2.75) is 25.8 Å². The van der Waals surface area contributed by atoms with E-state index in [1.165, 1.54) is 21.3 Å². The van der Waals surface area contributed by atoms with Crippen LogP contribution in [0, 0.1) is 12.8 Å². The van der Waals surface area contributed by atoms with Gasteiger partial charge in [0.25, 0.3) is 0 Å². The molecule has 2 amide bonds. The molecule has 1 aliphatic rings. The SMILES string of the molecule is COc1ccc([C@H]2[C@H](C(=O)Nc3cccc(C)n3)CCC(=O)N2c2cc(OC)c(OC)c(OC)c2)cc1. The summed E-state index contributed by atoms with van der Waals surface area (Å²) >= 11 is 0. The molecule has 37 heavy (non-hydrogen) atoms. The van der Waals surface area contributed by atoms with Crippen LogP contribution >= 0.6 is 0 Å². The average molecular weight is 506 g/mol. The average Bonchev–Trinajstić information content (AvgIpc) is 2.92. The number of pyridine rings is 1. The molecule has 0 spiro atoms. The molecule has 0 bridgehead atoms. The van der Waals surface area contributed by atoms with Crippen molar-refractivity contribution in [1.82, 2.24) is 4.98 Å². The highest BCUT2D eigenvalue weighted by atomic mass is 16.5. The molecule has 2 aromatic carbocycles. The number of hydrogen-bond donors (Lipinski definition) is 1. The van der Waals surface area contributed by atoms with Gasteiger partial charge in [-0.05, 0) is 43.2 Å². The van der Waals surface area contributed by atoms with Crippen molar-refractivity contribution in [3.05, 3.63) is 65.9 Å². The molecule has 9 nitrogen and oxygen atoms in total. The van der Waals surface area contributed by atoms with Crippen molar-refractivity contribution in [2.24, 2.45) is 5.92 Å². The number of rotatable bonds is 8. The standard InChI is InChI=1S/C28H31N3O6/c1-17-7-6-8-24(29-17)30-28(33)21-13-14-25(32)31(26(21)18-9-11-20(34-2)12-10-18)19-15-22(35-3)27(37-5)23(16-19)36-4/h6-12,15-16,21,26H,13-14H2,1-5H3,(H,29,30,33)/t21-,26+/m1/s1. The van der Waals surface area contributed by atoms with Crippen molar-refractivity contribution in [3.8, 4) is 23.0 Å². The summed E-state index contributed by atoms with van der Waals surface area (Å²) in [6.45, 7) is 1.86. The van der Waals surface area contributed by atoms with Crippen LogP contribution in [0.5, 0.6) is 23.0 Å². The lowest BCUT2D eigenvalue weighted by molar-refractivity contribution is -0.125. The summed E-state index contributed by atoms with van der Waals surface area (Å²) in [5.74, 6) is 1.50. The summed E-state index contributed by atoms with van der Waals surface area (Å²) in [4.78, 5) is 33.2. The first-order chi connectivity index (χ1) is 17.9. The zero-order valence-corrected chi connectivity index (χ0v) is 21.6. The first-order valence-corrected chi connectivity index (χ1v) is 11.9. The Morgan fingerprint density at radius 2 is 1.62 bits per heavy atom. The van der Waals surface area contributed by atoms with E-state index in [0.29, 0.717) is 40.9 Å². The van der Waals surface area contributed by atoms with Gasteiger partial charge in [0, 0.05) is 24.2 Å². The largest absolute Gasteiger partial charge is 0.497 e. The maximum Gasteiger partial charge on any atom is 0.231 e. The third-order valence-corrected chi connectivity index (χ3v) is 6.46. The lowest BCUT2D eigenvalue weighted by atomic mass is 9.83. The number of nitrogens with zero attached hydrogens (tertiary/aromatic N) is 2. The minimum atomic E-state index is -0.597. The van der Waals surface area contributed by atoms with Crippen molar-refractivity contribution in [2.75, 3.05) is 38.7 Å². The Hall–Kier alpha value is -4.27. The van der Waals surface area contributed by atoms with Gasteiger partial charge in [0.15, 0.2) is 11.5 Å². The molecule has 1 saturated heterocycles. The first-order valence-electron chi connectivity index (χ1n) is 11.9. The van der Waals surface area contributed by atoms with E-state index in [9.17, 15) is 9.59 Å². The van der Waals surface area contributed by atoms with Crippen LogP contribution in [-0.2, 0) is 9.59 Å². The highest BCUT2D eigenvalue weighted by molar-refractivity contribution is 6.00. The number of amides is 2. The highest BCUT2D eigenvalue weighted by Gasteiger charge is 2.42. The zero-order valence-electron chi connectivity index (χ0n) is 21.6. The van der Waals surface area contributed by atoms with Crippen LogP contribution in [-0.4, -0.2) is 45.2 Å². The van der Waals surface area contributed by atoms with Gasteiger partial charge < -0.3 is 29.2 Å². The van der Waals surface area contributed by atoms with Crippen LogP contribution in [0.15, 0.2) is 54.6 Å². The first kappa shape index (κ1) is 25.8. The number of methoxy groups -OCH3 is 4. The van der Waals surface area contributed by atoms with E-state index >= 15 is 0 Å². The van der Waals surface area contributed by atoms with Crippen LogP contribution in [0.4, 0.5) is 11.5 Å². The Balaban J connectivity index is 1.81. The predicted octanol–water partition coefficient (Wildman–Crippen LogP) is 4.55. The Labute approximate surface area is 216 Å². The van der Waals surface area contributed by atoms with Crippen molar-refractivity contribution in [3.63, 3.8) is 0 Å². The normalized spacial score (nSPS) is 17.2. The van der Waals surface area contributed by atoms with Crippen molar-refractivity contribution >= 4 is 23.3 Å². The second kappa shape index (κ2) is 11.2. The number of piperidine rings is 1. The van der Waals surface area contributed by atoms with Gasteiger partial charge in [-0.15, -0.1) is 0 Å². The molecule has 0 aliphatic carbocycles. The lowest BCUT2D eigenvalue weighted by Crippen LogP contribution is -2.47. The number of aromatic nitrogens is 1. The molecular formula is C28H31N3O6. The van der Waals surface area contributed by atoms with Crippen molar-refractivity contribution < 1.29 is 28.5 Å². The van der Waals surface area contributed by atoms with Gasteiger partial charge in [-0.25, -0.2) is 4.98 Å². The molecule has 3 aromatic rings. The Kier molecular flexibility index (Phi) is 7.81. The Bertz CT molecular complexity index is 1250. The summed E-state index contributed by atoms with van der Waals surface area (Å²) in [6, 6.07) is 15.7. The van der Waals surface area contributed by atoms with Crippen LogP contribution < -0.4 is 29.2 Å². The van der Waals surface area contributed by atoms with Gasteiger partial charge >= 0.3 is 0 Å². The highest BCUT2D eigenvalue weighted by Crippen LogP contribution is 2.46. The molecule has 1 fully saturated rings. The number of aryl methyl sites for hydroxylation is 1. The molecule has 0 radical (unpaired) electrons. The fourth-order valence-corrected chi connectivity index (χ4v) is 4.69. The van der Waals surface area contributed by atoms with Gasteiger partial charge in [0.1, 0.15) is 11.6 Å². The summed E-state index contributed by atoms with van der Waals surface area (Å²) < 4.78 is 21.9. The van der Waals surface area contributed by atoms with Gasteiger partial charge in [0.05, 0.1) is 46.1 Å². The fourth-order valence-electron chi connectivity index (χ4n) is 4.69. The molecule has 0 unspecified atom stereocenters. The minimum Gasteiger partial charge on any atom is -0.497 e. The maximum absolute atomic E-state index is 13.6. The van der Waals surface area contributed by atoms with E-state index in [-0.39, 0.29) is 18.2 Å². The lowest BCUT2D eigenvalue weighted by Gasteiger charge is -2.41. The molecule has 1 N–H and O–H groups in total. The number of carbonyl (C=O) groups excluding carboxylic acids is 2. The van der Waals surface area contributed by atoms with Crippen LogP contribution in [0.2, 0.25) is 0 Å². The van der Waals surface area contributed by atoms with Gasteiger partial charge in [-0.1, -0.05) is 18.2 Å². The Morgan fingerprint density at radius 3 is 2.19 bits per heavy atom. The topological polar surface area (TPSA) is 99.2 Å². The van der Waals surface area contributed by atoms with E-state index in [2.05, 4.69) is 10.3 Å². The second-order valence-electron chi connectivity index (χ2n) is 8.66. The molecule has 1 aromatic heterocycles. The molecule has 2 heterocycles. The second-order valence-corrected chi connectivity index (χ2v) is 8.66. The van der Waals surface area contributed by atoms with Crippen LogP contribution in [0.1, 0.15) is 30.1 Å². The number of ether oxygens (including phenoxy) is 4. The van der Waals surface area contributed by atoms with Gasteiger partial charge in [-0.3, -0.25) is 9.59 Å². The summed E-state index contributed by atoms with van der Waals surface area (Å²) in [7, 11) is 6.15. The smallest absolute Gasteiger partial charge is 0.231 e. The third-order valence-electron chi connectivity index (χ3n) is 6.46. The quantitative estimate of drug-likeness (QED) is 0.480. The molecule has 194 valence electrons.